The van der Waals surface area contributed by atoms with Crippen LogP contribution in [-0.2, 0) is 17.9 Å². The van der Waals surface area contributed by atoms with Gasteiger partial charge in [0.15, 0.2) is 11.5 Å². The highest BCUT2D eigenvalue weighted by atomic mass is 16.5. The molecule has 0 saturated carbocycles. The van der Waals surface area contributed by atoms with E-state index in [1.54, 1.807) is 41.2 Å². The highest BCUT2D eigenvalue weighted by Gasteiger charge is 2.20. The summed E-state index contributed by atoms with van der Waals surface area (Å²) in [5, 5.41) is 9.76. The molecule has 2 heterocycles. The number of aromatic nitrogens is 2. The van der Waals surface area contributed by atoms with Gasteiger partial charge in [0.05, 0.1) is 18.4 Å². The number of ether oxygens (including phenoxy) is 2. The molecule has 0 fully saturated rings. The van der Waals surface area contributed by atoms with Gasteiger partial charge in [0.1, 0.15) is 18.1 Å². The average molecular weight is 469 g/mol. The third kappa shape index (κ3) is 6.25. The number of anilines is 1. The summed E-state index contributed by atoms with van der Waals surface area (Å²) in [5.41, 5.74) is 0.852. The van der Waals surface area contributed by atoms with Crippen molar-refractivity contribution in [3.63, 3.8) is 0 Å². The molecule has 0 bridgehead atoms. The summed E-state index contributed by atoms with van der Waals surface area (Å²) >= 11 is 0. The molecule has 0 radical (unpaired) electrons. The number of esters is 1. The molecule has 2 aromatic heterocycles. The van der Waals surface area contributed by atoms with Crippen LogP contribution in [0.2, 0.25) is 0 Å². The third-order valence-electron chi connectivity index (χ3n) is 4.76. The average Bonchev–Trinajstić information content (AvgIpc) is 3.48. The Morgan fingerprint density at radius 2 is 1.82 bits per heavy atom. The number of carbonyl (C=O) groups is 3. The fraction of sp³-hybridized carbons (Fsp3) is 0.333. The number of rotatable bonds is 10. The van der Waals surface area contributed by atoms with Crippen LogP contribution in [0.1, 0.15) is 57.9 Å². The zero-order chi connectivity index (χ0) is 24.7. The fourth-order valence-electron chi connectivity index (χ4n) is 2.94. The van der Waals surface area contributed by atoms with Crippen LogP contribution in [0.25, 0.3) is 0 Å². The number of benzene rings is 1. The van der Waals surface area contributed by atoms with Crippen molar-refractivity contribution in [2.24, 2.45) is 5.92 Å². The van der Waals surface area contributed by atoms with E-state index in [-0.39, 0.29) is 29.9 Å². The minimum Gasteiger partial charge on any atom is -0.486 e. The van der Waals surface area contributed by atoms with Crippen molar-refractivity contribution in [2.75, 3.05) is 19.0 Å². The normalized spacial score (nSPS) is 10.7. The maximum Gasteiger partial charge on any atom is 0.337 e. The Morgan fingerprint density at radius 1 is 1.09 bits per heavy atom. The molecule has 34 heavy (non-hydrogen) atoms. The molecule has 0 spiro atoms. The zero-order valence-corrected chi connectivity index (χ0v) is 19.6. The van der Waals surface area contributed by atoms with Gasteiger partial charge in [-0.1, -0.05) is 13.8 Å². The second-order valence-corrected chi connectivity index (χ2v) is 7.88. The molecule has 0 aliphatic carbocycles. The summed E-state index contributed by atoms with van der Waals surface area (Å²) in [7, 11) is 1.32. The van der Waals surface area contributed by atoms with Crippen molar-refractivity contribution < 1.29 is 28.3 Å². The lowest BCUT2D eigenvalue weighted by molar-refractivity contribution is 0.0600. The van der Waals surface area contributed by atoms with Crippen LogP contribution in [0.5, 0.6) is 5.75 Å². The first kappa shape index (κ1) is 24.6. The molecular formula is C24H28N4O6. The maximum absolute atomic E-state index is 12.7. The Morgan fingerprint density at radius 3 is 2.47 bits per heavy atom. The Bertz CT molecular complexity index is 1150. The van der Waals surface area contributed by atoms with E-state index in [1.807, 2.05) is 20.8 Å². The molecule has 0 atom stereocenters. The molecule has 3 rings (SSSR count). The van der Waals surface area contributed by atoms with E-state index >= 15 is 0 Å². The van der Waals surface area contributed by atoms with Gasteiger partial charge in [0.25, 0.3) is 11.8 Å². The van der Waals surface area contributed by atoms with Gasteiger partial charge in [-0.15, -0.1) is 0 Å². The van der Waals surface area contributed by atoms with Crippen LogP contribution in [-0.4, -0.2) is 41.2 Å². The molecule has 3 aromatic rings. The monoisotopic (exact) mass is 468 g/mol. The van der Waals surface area contributed by atoms with E-state index in [9.17, 15) is 14.4 Å². The van der Waals surface area contributed by atoms with Crippen molar-refractivity contribution in [1.82, 2.24) is 15.1 Å². The van der Waals surface area contributed by atoms with Crippen LogP contribution in [0.3, 0.4) is 0 Å². The highest BCUT2D eigenvalue weighted by Crippen LogP contribution is 2.19. The van der Waals surface area contributed by atoms with Crippen LogP contribution in [0, 0.1) is 5.92 Å². The Kier molecular flexibility index (Phi) is 8.07. The number of carbonyl (C=O) groups excluding carboxylic acids is 3. The first-order chi connectivity index (χ1) is 16.3. The number of nitrogens with zero attached hydrogens (tertiary/aromatic N) is 2. The third-order valence-corrected chi connectivity index (χ3v) is 4.76. The van der Waals surface area contributed by atoms with Gasteiger partial charge < -0.3 is 24.5 Å². The molecule has 180 valence electrons. The Balaban J connectivity index is 1.62. The minimum absolute atomic E-state index is 0.0671. The summed E-state index contributed by atoms with van der Waals surface area (Å²) in [6.45, 7) is 6.99. The summed E-state index contributed by atoms with van der Waals surface area (Å²) in [4.78, 5) is 36.7. The van der Waals surface area contributed by atoms with E-state index in [4.69, 9.17) is 9.15 Å². The van der Waals surface area contributed by atoms with Crippen LogP contribution in [0.15, 0.2) is 47.0 Å². The van der Waals surface area contributed by atoms with E-state index in [0.717, 1.165) is 0 Å². The fourth-order valence-corrected chi connectivity index (χ4v) is 2.94. The van der Waals surface area contributed by atoms with Gasteiger partial charge in [-0.25, -0.2) is 4.79 Å². The highest BCUT2D eigenvalue weighted by molar-refractivity contribution is 6.07. The molecule has 0 unspecified atom stereocenters. The number of aryl methyl sites for hydroxylation is 1. The van der Waals surface area contributed by atoms with Crippen molar-refractivity contribution in [1.29, 1.82) is 0 Å². The lowest BCUT2D eigenvalue weighted by atomic mass is 10.2. The van der Waals surface area contributed by atoms with Gasteiger partial charge in [0.2, 0.25) is 0 Å². The molecule has 0 saturated heterocycles. The number of hydrogen-bond acceptors (Lipinski definition) is 7. The molecule has 0 aliphatic rings. The largest absolute Gasteiger partial charge is 0.486 e. The molecule has 2 N–H and O–H groups in total. The Labute approximate surface area is 197 Å². The predicted octanol–water partition coefficient (Wildman–Crippen LogP) is 3.50. The Hall–Kier alpha value is -4.08. The lowest BCUT2D eigenvalue weighted by Crippen LogP contribution is -2.28. The first-order valence-corrected chi connectivity index (χ1v) is 10.9. The number of methoxy groups -OCH3 is 1. The first-order valence-electron chi connectivity index (χ1n) is 10.9. The predicted molar refractivity (Wildman–Crippen MR) is 124 cm³/mol. The van der Waals surface area contributed by atoms with Crippen molar-refractivity contribution >= 4 is 23.5 Å². The van der Waals surface area contributed by atoms with Crippen LogP contribution < -0.4 is 15.4 Å². The van der Waals surface area contributed by atoms with E-state index in [2.05, 4.69) is 20.5 Å². The standard InChI is InChI=1S/C24H28N4O6/c1-5-28-13-19(21(27-28)23(30)25-12-15(2)3)26-22(29)20-11-10-18(34-20)14-33-17-8-6-16(7-9-17)24(31)32-4/h6-11,13,15H,5,12,14H2,1-4H3,(H,25,30)(H,26,29). The number of hydrogen-bond donors (Lipinski definition) is 2. The van der Waals surface area contributed by atoms with Gasteiger partial charge in [-0.05, 0) is 49.2 Å². The van der Waals surface area contributed by atoms with Crippen molar-refractivity contribution in [3.05, 3.63) is 65.4 Å². The summed E-state index contributed by atoms with van der Waals surface area (Å²) in [6, 6.07) is 9.61. The topological polar surface area (TPSA) is 125 Å². The summed E-state index contributed by atoms with van der Waals surface area (Å²) in [6.07, 6.45) is 1.60. The van der Waals surface area contributed by atoms with Crippen LogP contribution in [0.4, 0.5) is 5.69 Å². The summed E-state index contributed by atoms with van der Waals surface area (Å²) in [5.74, 6) is 0.00568. The molecule has 10 heteroatoms. The van der Waals surface area contributed by atoms with E-state index < -0.39 is 11.9 Å². The van der Waals surface area contributed by atoms with Gasteiger partial charge in [-0.3, -0.25) is 14.3 Å². The van der Waals surface area contributed by atoms with Gasteiger partial charge in [0, 0.05) is 19.3 Å². The molecular weight excluding hydrogens is 440 g/mol. The second-order valence-electron chi connectivity index (χ2n) is 7.88. The molecule has 1 aromatic carbocycles. The SMILES string of the molecule is CCn1cc(NC(=O)c2ccc(COc3ccc(C(=O)OC)cc3)o2)c(C(=O)NCC(C)C)n1. The number of nitrogens with one attached hydrogen (secondary N) is 2. The van der Waals surface area contributed by atoms with Gasteiger partial charge in [-0.2, -0.15) is 5.10 Å². The second kappa shape index (κ2) is 11.2. The molecule has 2 amide bonds. The van der Waals surface area contributed by atoms with E-state index in [1.165, 1.54) is 13.2 Å². The minimum atomic E-state index is -0.512. The molecule has 10 nitrogen and oxygen atoms in total. The smallest absolute Gasteiger partial charge is 0.337 e. The van der Waals surface area contributed by atoms with E-state index in [0.29, 0.717) is 35.9 Å². The zero-order valence-electron chi connectivity index (χ0n) is 19.6. The maximum atomic E-state index is 12.7. The number of furan rings is 1. The van der Waals surface area contributed by atoms with Crippen molar-refractivity contribution in [3.8, 4) is 5.75 Å². The van der Waals surface area contributed by atoms with Crippen molar-refractivity contribution in [2.45, 2.75) is 33.9 Å². The lowest BCUT2D eigenvalue weighted by Gasteiger charge is -2.07. The summed E-state index contributed by atoms with van der Waals surface area (Å²) < 4.78 is 17.5. The van der Waals surface area contributed by atoms with Gasteiger partial charge >= 0.3 is 5.97 Å². The molecule has 0 aliphatic heterocycles. The van der Waals surface area contributed by atoms with Crippen LogP contribution >= 0.6 is 0 Å². The number of amides is 2. The quantitative estimate of drug-likeness (QED) is 0.436.